The third kappa shape index (κ3) is 7.41. The minimum atomic E-state index is 0.00870. The first kappa shape index (κ1) is 24.9. The van der Waals surface area contributed by atoms with Gasteiger partial charge in [-0.25, -0.2) is 0 Å². The molecule has 0 atom stereocenters. The Morgan fingerprint density at radius 2 is 1.82 bits per heavy atom. The monoisotopic (exact) mass is 530 g/mol. The lowest BCUT2D eigenvalue weighted by Crippen LogP contribution is -2.14. The van der Waals surface area contributed by atoms with Crippen LogP contribution >= 0.6 is 27.5 Å². The maximum atomic E-state index is 12.1. The van der Waals surface area contributed by atoms with Gasteiger partial charge in [0.05, 0.1) is 7.11 Å². The van der Waals surface area contributed by atoms with Gasteiger partial charge < -0.3 is 20.1 Å². The number of carbonyl (C=O) groups excluding carboxylic acids is 1. The molecule has 7 heteroatoms. The van der Waals surface area contributed by atoms with Gasteiger partial charge in [0.25, 0.3) is 0 Å². The van der Waals surface area contributed by atoms with Crippen LogP contribution in [0, 0.1) is 5.92 Å². The van der Waals surface area contributed by atoms with Crippen molar-refractivity contribution in [1.29, 1.82) is 0 Å². The molecule has 3 aromatic rings. The molecule has 3 rings (SSSR count). The molecule has 5 nitrogen and oxygen atoms in total. The van der Waals surface area contributed by atoms with Crippen molar-refractivity contribution in [3.8, 4) is 11.5 Å². The van der Waals surface area contributed by atoms with Crippen molar-refractivity contribution in [1.82, 2.24) is 0 Å². The lowest BCUT2D eigenvalue weighted by atomic mass is 10.1. The number of hydrogen-bond acceptors (Lipinski definition) is 4. The molecule has 0 aliphatic carbocycles. The average molecular weight is 532 g/mol. The van der Waals surface area contributed by atoms with Crippen molar-refractivity contribution in [3.63, 3.8) is 0 Å². The highest BCUT2D eigenvalue weighted by molar-refractivity contribution is 9.10. The normalized spacial score (nSPS) is 10.7. The Balaban J connectivity index is 1.75. The first-order chi connectivity index (χ1) is 15.9. The smallest absolute Gasteiger partial charge is 0.224 e. The SMILES string of the molecule is COc1ccc(Br)c(CNc2cccc(NC(=O)CC(C)C)c2)c1OCc1cccc(Cl)c1. The lowest BCUT2D eigenvalue weighted by Gasteiger charge is -2.18. The topological polar surface area (TPSA) is 59.6 Å². The lowest BCUT2D eigenvalue weighted by molar-refractivity contribution is -0.116. The van der Waals surface area contributed by atoms with Crippen molar-refractivity contribution in [2.75, 3.05) is 17.7 Å². The van der Waals surface area contributed by atoms with Crippen molar-refractivity contribution >= 4 is 44.8 Å². The first-order valence-corrected chi connectivity index (χ1v) is 11.9. The van der Waals surface area contributed by atoms with E-state index in [1.54, 1.807) is 7.11 Å². The molecule has 0 saturated heterocycles. The second-order valence-electron chi connectivity index (χ2n) is 8.06. The summed E-state index contributed by atoms with van der Waals surface area (Å²) in [5.41, 5.74) is 3.53. The van der Waals surface area contributed by atoms with Crippen molar-refractivity contribution in [2.45, 2.75) is 33.4 Å². The van der Waals surface area contributed by atoms with Crippen LogP contribution in [0.25, 0.3) is 0 Å². The molecule has 2 N–H and O–H groups in total. The summed E-state index contributed by atoms with van der Waals surface area (Å²) in [5.74, 6) is 1.61. The van der Waals surface area contributed by atoms with Gasteiger partial charge in [0.2, 0.25) is 5.91 Å². The molecular formula is C26H28BrClN2O3. The molecule has 0 radical (unpaired) electrons. The summed E-state index contributed by atoms with van der Waals surface area (Å²) in [5, 5.41) is 7.04. The zero-order chi connectivity index (χ0) is 23.8. The number of amides is 1. The molecule has 174 valence electrons. The number of rotatable bonds is 10. The number of anilines is 2. The van der Waals surface area contributed by atoms with E-state index in [-0.39, 0.29) is 5.91 Å². The maximum Gasteiger partial charge on any atom is 0.224 e. The fourth-order valence-electron chi connectivity index (χ4n) is 3.33. The second kappa shape index (κ2) is 12.0. The molecule has 0 spiro atoms. The van der Waals surface area contributed by atoms with Crippen LogP contribution in [0.15, 0.2) is 65.1 Å². The Labute approximate surface area is 208 Å². The number of methoxy groups -OCH3 is 1. The van der Waals surface area contributed by atoms with Crippen LogP contribution in [-0.2, 0) is 17.9 Å². The summed E-state index contributed by atoms with van der Waals surface area (Å²) in [4.78, 5) is 12.1. The standard InChI is InChI=1S/C26H28BrClN2O3/c1-17(2)12-25(31)30-21-9-5-8-20(14-21)29-15-22-23(27)10-11-24(32-3)26(22)33-16-18-6-4-7-19(28)13-18/h4-11,13-14,17,29H,12,15-16H2,1-3H3,(H,30,31). The van der Waals surface area contributed by atoms with Crippen LogP contribution in [0.4, 0.5) is 11.4 Å². The molecule has 0 bridgehead atoms. The Bertz CT molecular complexity index is 1100. The quantitative estimate of drug-likeness (QED) is 0.288. The fourth-order valence-corrected chi connectivity index (χ4v) is 3.99. The summed E-state index contributed by atoms with van der Waals surface area (Å²) >= 11 is 9.74. The number of nitrogens with one attached hydrogen (secondary N) is 2. The Morgan fingerprint density at radius 1 is 1.06 bits per heavy atom. The number of benzene rings is 3. The molecule has 0 fully saturated rings. The van der Waals surface area contributed by atoms with Gasteiger partial charge in [-0.2, -0.15) is 0 Å². The summed E-state index contributed by atoms with van der Waals surface area (Å²) < 4.78 is 12.6. The molecule has 3 aromatic carbocycles. The average Bonchev–Trinajstić information content (AvgIpc) is 2.76. The van der Waals surface area contributed by atoms with Gasteiger partial charge in [-0.3, -0.25) is 4.79 Å². The zero-order valence-electron chi connectivity index (χ0n) is 19.0. The van der Waals surface area contributed by atoms with E-state index in [4.69, 9.17) is 21.1 Å². The summed E-state index contributed by atoms with van der Waals surface area (Å²) in [6.45, 7) is 4.90. The second-order valence-corrected chi connectivity index (χ2v) is 9.35. The molecule has 0 heterocycles. The van der Waals surface area contributed by atoms with E-state index in [1.807, 2.05) is 74.5 Å². The van der Waals surface area contributed by atoms with E-state index in [9.17, 15) is 4.79 Å². The van der Waals surface area contributed by atoms with Crippen LogP contribution in [0.1, 0.15) is 31.4 Å². The van der Waals surface area contributed by atoms with E-state index < -0.39 is 0 Å². The number of ether oxygens (including phenoxy) is 2. The minimum absolute atomic E-state index is 0.00870. The predicted molar refractivity (Wildman–Crippen MR) is 138 cm³/mol. The molecule has 0 unspecified atom stereocenters. The summed E-state index contributed by atoms with van der Waals surface area (Å²) in [6, 6.07) is 19.0. The van der Waals surface area contributed by atoms with E-state index in [2.05, 4.69) is 26.6 Å². The third-order valence-electron chi connectivity index (χ3n) is 4.87. The van der Waals surface area contributed by atoms with E-state index >= 15 is 0 Å². The minimum Gasteiger partial charge on any atom is -0.493 e. The Hall–Kier alpha value is -2.70. The van der Waals surface area contributed by atoms with Gasteiger partial charge in [0, 0.05) is 39.4 Å². The van der Waals surface area contributed by atoms with E-state index in [0.717, 1.165) is 27.0 Å². The van der Waals surface area contributed by atoms with Crippen LogP contribution in [0.2, 0.25) is 5.02 Å². The van der Waals surface area contributed by atoms with Crippen LogP contribution in [-0.4, -0.2) is 13.0 Å². The Kier molecular flexibility index (Phi) is 9.03. The van der Waals surface area contributed by atoms with Crippen molar-refractivity contribution < 1.29 is 14.3 Å². The van der Waals surface area contributed by atoms with Gasteiger partial charge in [-0.15, -0.1) is 0 Å². The summed E-state index contributed by atoms with van der Waals surface area (Å²) in [7, 11) is 1.62. The van der Waals surface area contributed by atoms with Gasteiger partial charge in [-0.05, 0) is 53.9 Å². The van der Waals surface area contributed by atoms with Crippen molar-refractivity contribution in [3.05, 3.63) is 81.3 Å². The fraction of sp³-hybridized carbons (Fsp3) is 0.269. The highest BCUT2D eigenvalue weighted by Gasteiger charge is 2.15. The maximum absolute atomic E-state index is 12.1. The van der Waals surface area contributed by atoms with E-state index in [1.165, 1.54) is 0 Å². The number of hydrogen-bond donors (Lipinski definition) is 2. The molecule has 33 heavy (non-hydrogen) atoms. The summed E-state index contributed by atoms with van der Waals surface area (Å²) in [6.07, 6.45) is 0.488. The largest absolute Gasteiger partial charge is 0.493 e. The molecule has 0 aromatic heterocycles. The highest BCUT2D eigenvalue weighted by Crippen LogP contribution is 2.37. The molecular weight excluding hydrogens is 504 g/mol. The molecule has 0 saturated carbocycles. The zero-order valence-corrected chi connectivity index (χ0v) is 21.3. The van der Waals surface area contributed by atoms with Gasteiger partial charge in [0.1, 0.15) is 6.61 Å². The Morgan fingerprint density at radius 3 is 2.55 bits per heavy atom. The van der Waals surface area contributed by atoms with Crippen molar-refractivity contribution in [2.24, 2.45) is 5.92 Å². The van der Waals surface area contributed by atoms with Crippen LogP contribution in [0.5, 0.6) is 11.5 Å². The van der Waals surface area contributed by atoms with E-state index in [0.29, 0.717) is 42.0 Å². The van der Waals surface area contributed by atoms with Gasteiger partial charge in [0.15, 0.2) is 11.5 Å². The first-order valence-electron chi connectivity index (χ1n) is 10.7. The molecule has 0 aliphatic rings. The molecule has 1 amide bonds. The number of halogens is 2. The highest BCUT2D eigenvalue weighted by atomic mass is 79.9. The predicted octanol–water partition coefficient (Wildman–Crippen LogP) is 7.29. The van der Waals surface area contributed by atoms with Gasteiger partial charge >= 0.3 is 0 Å². The van der Waals surface area contributed by atoms with Crippen LogP contribution in [0.3, 0.4) is 0 Å². The van der Waals surface area contributed by atoms with Gasteiger partial charge in [-0.1, -0.05) is 59.6 Å². The number of carbonyl (C=O) groups is 1. The third-order valence-corrected chi connectivity index (χ3v) is 5.85. The van der Waals surface area contributed by atoms with Crippen LogP contribution < -0.4 is 20.1 Å². The molecule has 0 aliphatic heterocycles.